The van der Waals surface area contributed by atoms with Crippen molar-refractivity contribution in [2.75, 3.05) is 18.5 Å². The molecule has 0 spiro atoms. The van der Waals surface area contributed by atoms with Gasteiger partial charge in [-0.1, -0.05) is 38.1 Å². The number of nitrogens with one attached hydrogen (secondary N) is 2. The lowest BCUT2D eigenvalue weighted by molar-refractivity contribution is -0.118. The number of aliphatic hydroxyl groups excluding tert-OH is 1. The molecule has 0 aliphatic carbocycles. The van der Waals surface area contributed by atoms with Gasteiger partial charge in [0.2, 0.25) is 0 Å². The molecule has 2 aromatic rings. The smallest absolute Gasteiger partial charge is 0.262 e. The van der Waals surface area contributed by atoms with Crippen molar-refractivity contribution in [2.45, 2.75) is 51.7 Å². The highest BCUT2D eigenvalue weighted by atomic mass is 16.5. The van der Waals surface area contributed by atoms with E-state index in [0.717, 1.165) is 6.42 Å². The number of hydrogen-bond acceptors (Lipinski definition) is 5. The summed E-state index contributed by atoms with van der Waals surface area (Å²) in [5, 5.41) is 26.7. The second-order valence-corrected chi connectivity index (χ2v) is 8.60. The molecule has 0 fully saturated rings. The van der Waals surface area contributed by atoms with Crippen LogP contribution in [0.25, 0.3) is 0 Å². The first-order valence-corrected chi connectivity index (χ1v) is 9.96. The summed E-state index contributed by atoms with van der Waals surface area (Å²) in [5.41, 5.74) is 3.12. The monoisotopic (exact) mass is 398 g/mol. The maximum atomic E-state index is 11.5. The van der Waals surface area contributed by atoms with E-state index in [1.165, 1.54) is 23.3 Å². The molecule has 29 heavy (non-hydrogen) atoms. The van der Waals surface area contributed by atoms with Gasteiger partial charge >= 0.3 is 0 Å². The molecule has 0 aromatic heterocycles. The number of rotatable bonds is 7. The Kier molecular flexibility index (Phi) is 6.15. The molecule has 1 aliphatic heterocycles. The molecule has 2 aromatic carbocycles. The highest BCUT2D eigenvalue weighted by molar-refractivity contribution is 5.96. The van der Waals surface area contributed by atoms with Gasteiger partial charge in [-0.25, -0.2) is 0 Å². The number of carbonyl (C=O) groups is 1. The standard InChI is InChI=1S/C23H30N2O4/c1-14(2)16-7-5-15(6-8-16)11-23(3,4)24-12-20(27)18-9-17(26)10-19-22(18)29-13-21(28)25-19/h5-10,14,20,24,26-27H,11-13H2,1-4H3,(H,25,28)/t20-/m0/s1. The summed E-state index contributed by atoms with van der Waals surface area (Å²) in [6.45, 7) is 8.71. The van der Waals surface area contributed by atoms with Crippen LogP contribution < -0.4 is 15.4 Å². The SMILES string of the molecule is CC(C)c1ccc(CC(C)(C)NC[C@H](O)c2cc(O)cc3c2OCC(=O)N3)cc1. The average molecular weight is 399 g/mol. The zero-order valence-corrected chi connectivity index (χ0v) is 17.5. The third-order valence-corrected chi connectivity index (χ3v) is 5.15. The van der Waals surface area contributed by atoms with E-state index in [1.807, 2.05) is 0 Å². The van der Waals surface area contributed by atoms with Crippen LogP contribution >= 0.6 is 0 Å². The molecule has 6 nitrogen and oxygen atoms in total. The maximum absolute atomic E-state index is 11.5. The van der Waals surface area contributed by atoms with E-state index in [9.17, 15) is 15.0 Å². The summed E-state index contributed by atoms with van der Waals surface area (Å²) in [6, 6.07) is 11.5. The minimum absolute atomic E-state index is 0.0342. The minimum Gasteiger partial charge on any atom is -0.508 e. The Morgan fingerprint density at radius 1 is 1.21 bits per heavy atom. The van der Waals surface area contributed by atoms with E-state index >= 15 is 0 Å². The number of benzene rings is 2. The van der Waals surface area contributed by atoms with Crippen LogP contribution in [0, 0.1) is 0 Å². The number of hydrogen-bond donors (Lipinski definition) is 4. The molecule has 0 bridgehead atoms. The van der Waals surface area contributed by atoms with Crippen molar-refractivity contribution in [1.29, 1.82) is 0 Å². The summed E-state index contributed by atoms with van der Waals surface area (Å²) in [6.07, 6.45) is -0.0866. The largest absolute Gasteiger partial charge is 0.508 e. The van der Waals surface area contributed by atoms with Gasteiger partial charge in [0.05, 0.1) is 11.8 Å². The molecule has 0 unspecified atom stereocenters. The van der Waals surface area contributed by atoms with E-state index in [4.69, 9.17) is 4.74 Å². The lowest BCUT2D eigenvalue weighted by atomic mass is 9.92. The van der Waals surface area contributed by atoms with Crippen molar-refractivity contribution in [3.05, 3.63) is 53.1 Å². The number of ether oxygens (including phenoxy) is 1. The molecule has 0 radical (unpaired) electrons. The predicted molar refractivity (Wildman–Crippen MR) is 114 cm³/mol. The Bertz CT molecular complexity index is 875. The van der Waals surface area contributed by atoms with Crippen LogP contribution in [0.2, 0.25) is 0 Å². The maximum Gasteiger partial charge on any atom is 0.262 e. The van der Waals surface area contributed by atoms with Crippen LogP contribution in [0.4, 0.5) is 5.69 Å². The van der Waals surface area contributed by atoms with E-state index < -0.39 is 6.10 Å². The van der Waals surface area contributed by atoms with Crippen molar-refractivity contribution in [3.8, 4) is 11.5 Å². The highest BCUT2D eigenvalue weighted by Crippen LogP contribution is 2.38. The minimum atomic E-state index is -0.895. The number of anilines is 1. The fourth-order valence-corrected chi connectivity index (χ4v) is 3.54. The summed E-state index contributed by atoms with van der Waals surface area (Å²) in [4.78, 5) is 11.5. The van der Waals surface area contributed by atoms with E-state index in [2.05, 4.69) is 62.6 Å². The van der Waals surface area contributed by atoms with Gasteiger partial charge in [0.1, 0.15) is 11.5 Å². The van der Waals surface area contributed by atoms with Gasteiger partial charge in [0.25, 0.3) is 5.91 Å². The first-order chi connectivity index (χ1) is 13.6. The van der Waals surface area contributed by atoms with Crippen LogP contribution in [0.15, 0.2) is 36.4 Å². The van der Waals surface area contributed by atoms with E-state index in [-0.39, 0.29) is 30.3 Å². The number of aromatic hydroxyl groups is 1. The fraction of sp³-hybridized carbons (Fsp3) is 0.435. The molecule has 1 atom stereocenters. The molecule has 156 valence electrons. The van der Waals surface area contributed by atoms with Gasteiger partial charge in [-0.05, 0) is 43.4 Å². The summed E-state index contributed by atoms with van der Waals surface area (Å²) >= 11 is 0. The number of β-amino-alcohol motifs (C(OH)–C–C–N with tert-alkyl or cyclic N) is 1. The third kappa shape index (κ3) is 5.28. The highest BCUT2D eigenvalue weighted by Gasteiger charge is 2.26. The van der Waals surface area contributed by atoms with Gasteiger partial charge in [-0.15, -0.1) is 0 Å². The second kappa shape index (κ2) is 8.43. The molecule has 1 aliphatic rings. The molecular weight excluding hydrogens is 368 g/mol. The van der Waals surface area contributed by atoms with Crippen molar-refractivity contribution in [3.63, 3.8) is 0 Å². The van der Waals surface area contributed by atoms with Crippen molar-refractivity contribution in [2.24, 2.45) is 0 Å². The molecule has 3 rings (SSSR count). The Morgan fingerprint density at radius 2 is 1.90 bits per heavy atom. The van der Waals surface area contributed by atoms with Crippen LogP contribution in [0.3, 0.4) is 0 Å². The molecule has 6 heteroatoms. The van der Waals surface area contributed by atoms with Gasteiger partial charge in [-0.3, -0.25) is 4.79 Å². The van der Waals surface area contributed by atoms with Gasteiger partial charge in [0.15, 0.2) is 6.61 Å². The number of aliphatic hydroxyl groups is 1. The van der Waals surface area contributed by atoms with Crippen LogP contribution in [0.1, 0.15) is 56.4 Å². The topological polar surface area (TPSA) is 90.8 Å². The van der Waals surface area contributed by atoms with Gasteiger partial charge in [0, 0.05) is 23.7 Å². The molecule has 0 saturated heterocycles. The van der Waals surface area contributed by atoms with E-state index in [0.29, 0.717) is 22.9 Å². The molecule has 0 saturated carbocycles. The zero-order chi connectivity index (χ0) is 21.2. The van der Waals surface area contributed by atoms with Crippen molar-refractivity contribution < 1.29 is 19.7 Å². The quantitative estimate of drug-likeness (QED) is 0.573. The van der Waals surface area contributed by atoms with Gasteiger partial charge < -0.3 is 25.6 Å². The molecule has 1 heterocycles. The lowest BCUT2D eigenvalue weighted by Crippen LogP contribution is -2.43. The second-order valence-electron chi connectivity index (χ2n) is 8.60. The Morgan fingerprint density at radius 3 is 2.55 bits per heavy atom. The number of fused-ring (bicyclic) bond motifs is 1. The third-order valence-electron chi connectivity index (χ3n) is 5.15. The average Bonchev–Trinajstić information content (AvgIpc) is 2.65. The van der Waals surface area contributed by atoms with Gasteiger partial charge in [-0.2, -0.15) is 0 Å². The number of carbonyl (C=O) groups excluding carboxylic acids is 1. The van der Waals surface area contributed by atoms with Crippen LogP contribution in [0.5, 0.6) is 11.5 Å². The van der Waals surface area contributed by atoms with Crippen LogP contribution in [-0.4, -0.2) is 34.8 Å². The number of phenols is 1. The summed E-state index contributed by atoms with van der Waals surface area (Å²) < 4.78 is 5.49. The zero-order valence-electron chi connectivity index (χ0n) is 17.5. The Hall–Kier alpha value is -2.57. The van der Waals surface area contributed by atoms with Crippen molar-refractivity contribution in [1.82, 2.24) is 5.32 Å². The number of amides is 1. The molecule has 1 amide bonds. The summed E-state index contributed by atoms with van der Waals surface area (Å²) in [7, 11) is 0. The predicted octanol–water partition coefficient (Wildman–Crippen LogP) is 3.49. The van der Waals surface area contributed by atoms with E-state index in [1.54, 1.807) is 0 Å². The fourth-order valence-electron chi connectivity index (χ4n) is 3.54. The lowest BCUT2D eigenvalue weighted by Gasteiger charge is -2.29. The first kappa shape index (κ1) is 21.1. The number of phenolic OH excluding ortho intramolecular Hbond substituents is 1. The normalized spacial score (nSPS) is 14.9. The van der Waals surface area contributed by atoms with Crippen molar-refractivity contribution >= 4 is 11.6 Å². The molecule has 4 N–H and O–H groups in total. The molecular formula is C23H30N2O4. The van der Waals surface area contributed by atoms with Crippen LogP contribution in [-0.2, 0) is 11.2 Å². The summed E-state index contributed by atoms with van der Waals surface area (Å²) in [5.74, 6) is 0.587. The Balaban J connectivity index is 1.66. The Labute approximate surface area is 171 Å². The first-order valence-electron chi connectivity index (χ1n) is 9.96.